The largest absolute Gasteiger partial charge is 0.489 e. The maximum absolute atomic E-state index is 6.10. The minimum atomic E-state index is 0.0994. The normalized spacial score (nSPS) is 10.9. The van der Waals surface area contributed by atoms with E-state index in [9.17, 15) is 0 Å². The van der Waals surface area contributed by atoms with Crippen molar-refractivity contribution in [2.45, 2.75) is 30.0 Å². The number of aromatic nitrogens is 3. The lowest BCUT2D eigenvalue weighted by Gasteiger charge is -2.14. The number of hydrogen-bond acceptors (Lipinski definition) is 5. The maximum atomic E-state index is 6.10. The Labute approximate surface area is 110 Å². The van der Waals surface area contributed by atoms with Crippen molar-refractivity contribution < 1.29 is 4.74 Å². The van der Waals surface area contributed by atoms with Crippen LogP contribution in [0.3, 0.4) is 0 Å². The van der Waals surface area contributed by atoms with Gasteiger partial charge in [0.1, 0.15) is 12.1 Å². The molecule has 0 aliphatic rings. The van der Waals surface area contributed by atoms with Crippen molar-refractivity contribution in [1.29, 1.82) is 0 Å². The van der Waals surface area contributed by atoms with Crippen LogP contribution in [0.4, 0.5) is 5.69 Å². The molecular weight excluding hydrogens is 248 g/mol. The number of aryl methyl sites for hydroxylation is 1. The molecule has 0 amide bonds. The Hall–Kier alpha value is -1.69. The number of nitrogens with two attached hydrogens (primary N) is 1. The zero-order chi connectivity index (χ0) is 13.1. The first-order chi connectivity index (χ1) is 8.58. The molecule has 2 aromatic rings. The lowest BCUT2D eigenvalue weighted by Crippen LogP contribution is -2.07. The number of anilines is 1. The summed E-state index contributed by atoms with van der Waals surface area (Å²) in [7, 11) is 1.90. The number of benzene rings is 1. The third-order valence-electron chi connectivity index (χ3n) is 2.26. The van der Waals surface area contributed by atoms with Crippen LogP contribution in [0.25, 0.3) is 0 Å². The van der Waals surface area contributed by atoms with Gasteiger partial charge in [0.2, 0.25) is 0 Å². The fraction of sp³-hybridized carbons (Fsp3) is 0.333. The summed E-state index contributed by atoms with van der Waals surface area (Å²) in [5.41, 5.74) is 6.73. The van der Waals surface area contributed by atoms with Crippen molar-refractivity contribution >= 4 is 17.4 Å². The second-order valence-electron chi connectivity index (χ2n) is 4.16. The van der Waals surface area contributed by atoms with Gasteiger partial charge in [-0.15, -0.1) is 10.2 Å². The molecule has 2 rings (SSSR count). The molecule has 1 heterocycles. The summed E-state index contributed by atoms with van der Waals surface area (Å²) in [5, 5.41) is 8.66. The van der Waals surface area contributed by atoms with E-state index in [1.807, 2.05) is 43.7 Å². The Morgan fingerprint density at radius 2 is 2.17 bits per heavy atom. The molecule has 0 aliphatic heterocycles. The molecule has 0 atom stereocenters. The standard InChI is InChI=1S/C12H16N4OS/c1-8(2)17-9-5-4-6-10(11(9)13)18-12-15-14-7-16(12)3/h4-8H,13H2,1-3H3. The highest BCUT2D eigenvalue weighted by Crippen LogP contribution is 2.36. The maximum Gasteiger partial charge on any atom is 0.195 e. The average Bonchev–Trinajstić information content (AvgIpc) is 2.70. The molecule has 5 nitrogen and oxygen atoms in total. The van der Waals surface area contributed by atoms with Crippen LogP contribution in [0.2, 0.25) is 0 Å². The zero-order valence-electron chi connectivity index (χ0n) is 10.6. The fourth-order valence-electron chi connectivity index (χ4n) is 1.43. The Morgan fingerprint density at radius 1 is 1.39 bits per heavy atom. The Morgan fingerprint density at radius 3 is 2.78 bits per heavy atom. The summed E-state index contributed by atoms with van der Waals surface area (Å²) < 4.78 is 7.50. The van der Waals surface area contributed by atoms with Gasteiger partial charge in [-0.05, 0) is 37.7 Å². The van der Waals surface area contributed by atoms with Crippen molar-refractivity contribution in [3.63, 3.8) is 0 Å². The molecule has 1 aromatic heterocycles. The van der Waals surface area contributed by atoms with Crippen LogP contribution >= 0.6 is 11.8 Å². The van der Waals surface area contributed by atoms with Crippen molar-refractivity contribution in [3.8, 4) is 5.75 Å². The van der Waals surface area contributed by atoms with E-state index in [0.29, 0.717) is 11.4 Å². The van der Waals surface area contributed by atoms with E-state index >= 15 is 0 Å². The Balaban J connectivity index is 2.26. The van der Waals surface area contributed by atoms with Crippen molar-refractivity contribution in [1.82, 2.24) is 14.8 Å². The van der Waals surface area contributed by atoms with Gasteiger partial charge >= 0.3 is 0 Å². The first kappa shape index (κ1) is 12.8. The zero-order valence-corrected chi connectivity index (χ0v) is 11.4. The quantitative estimate of drug-likeness (QED) is 0.859. The number of hydrogen-bond donors (Lipinski definition) is 1. The van der Waals surface area contributed by atoms with E-state index in [0.717, 1.165) is 10.1 Å². The molecule has 0 fully saturated rings. The molecule has 2 N–H and O–H groups in total. The van der Waals surface area contributed by atoms with E-state index in [-0.39, 0.29) is 6.10 Å². The second kappa shape index (κ2) is 5.30. The summed E-state index contributed by atoms with van der Waals surface area (Å²) in [6.07, 6.45) is 1.76. The van der Waals surface area contributed by atoms with Gasteiger partial charge in [-0.25, -0.2) is 0 Å². The Kier molecular flexibility index (Phi) is 3.76. The summed E-state index contributed by atoms with van der Waals surface area (Å²) in [6.45, 7) is 3.95. The lowest BCUT2D eigenvalue weighted by atomic mass is 10.3. The fourth-order valence-corrected chi connectivity index (χ4v) is 2.27. The first-order valence-corrected chi connectivity index (χ1v) is 6.46. The molecule has 0 unspecified atom stereocenters. The van der Waals surface area contributed by atoms with Gasteiger partial charge in [-0.1, -0.05) is 6.07 Å². The predicted molar refractivity (Wildman–Crippen MR) is 71.7 cm³/mol. The molecule has 96 valence electrons. The van der Waals surface area contributed by atoms with Gasteiger partial charge in [0.15, 0.2) is 5.16 Å². The molecule has 6 heteroatoms. The highest BCUT2D eigenvalue weighted by Gasteiger charge is 2.11. The third-order valence-corrected chi connectivity index (χ3v) is 3.39. The van der Waals surface area contributed by atoms with Crippen LogP contribution in [0.1, 0.15) is 13.8 Å². The van der Waals surface area contributed by atoms with Crippen LogP contribution < -0.4 is 10.5 Å². The number of nitrogens with zero attached hydrogens (tertiary/aromatic N) is 3. The third kappa shape index (κ3) is 2.76. The second-order valence-corrected chi connectivity index (χ2v) is 5.17. The van der Waals surface area contributed by atoms with Gasteiger partial charge in [-0.2, -0.15) is 0 Å². The minimum absolute atomic E-state index is 0.0994. The number of rotatable bonds is 4. The molecule has 0 radical (unpaired) electrons. The van der Waals surface area contributed by atoms with Crippen LogP contribution in [0, 0.1) is 0 Å². The highest BCUT2D eigenvalue weighted by atomic mass is 32.2. The predicted octanol–water partition coefficient (Wildman–Crippen LogP) is 2.34. The molecule has 18 heavy (non-hydrogen) atoms. The molecule has 0 saturated carbocycles. The van der Waals surface area contributed by atoms with Gasteiger partial charge in [0.05, 0.1) is 11.8 Å². The molecule has 1 aromatic carbocycles. The summed E-state index contributed by atoms with van der Waals surface area (Å²) in [6, 6.07) is 5.74. The van der Waals surface area contributed by atoms with Gasteiger partial charge in [-0.3, -0.25) is 0 Å². The minimum Gasteiger partial charge on any atom is -0.489 e. The summed E-state index contributed by atoms with van der Waals surface area (Å²) in [4.78, 5) is 0.921. The van der Waals surface area contributed by atoms with Gasteiger partial charge in [0.25, 0.3) is 0 Å². The van der Waals surface area contributed by atoms with Gasteiger partial charge in [0, 0.05) is 11.9 Å². The number of ether oxygens (including phenoxy) is 1. The van der Waals surface area contributed by atoms with E-state index in [1.54, 1.807) is 6.33 Å². The molecule has 0 saturated heterocycles. The molecule has 0 bridgehead atoms. The van der Waals surface area contributed by atoms with Crippen molar-refractivity contribution in [2.75, 3.05) is 5.73 Å². The van der Waals surface area contributed by atoms with Crippen LogP contribution in [-0.2, 0) is 7.05 Å². The smallest absolute Gasteiger partial charge is 0.195 e. The molecular formula is C12H16N4OS. The topological polar surface area (TPSA) is 66.0 Å². The van der Waals surface area contributed by atoms with E-state index in [2.05, 4.69) is 10.2 Å². The van der Waals surface area contributed by atoms with Crippen LogP contribution in [0.5, 0.6) is 5.75 Å². The lowest BCUT2D eigenvalue weighted by molar-refractivity contribution is 0.243. The molecule has 0 aliphatic carbocycles. The monoisotopic (exact) mass is 264 g/mol. The van der Waals surface area contributed by atoms with E-state index in [4.69, 9.17) is 10.5 Å². The number of para-hydroxylation sites is 1. The average molecular weight is 264 g/mol. The number of nitrogen functional groups attached to an aromatic ring is 1. The highest BCUT2D eigenvalue weighted by molar-refractivity contribution is 7.99. The van der Waals surface area contributed by atoms with Crippen LogP contribution in [0.15, 0.2) is 34.6 Å². The molecule has 0 spiro atoms. The first-order valence-electron chi connectivity index (χ1n) is 5.65. The SMILES string of the molecule is CC(C)Oc1cccc(Sc2nncn2C)c1N. The summed E-state index contributed by atoms with van der Waals surface area (Å²) in [5.74, 6) is 0.706. The van der Waals surface area contributed by atoms with E-state index in [1.165, 1.54) is 11.8 Å². The Bertz CT molecular complexity index is 539. The van der Waals surface area contributed by atoms with Crippen molar-refractivity contribution in [3.05, 3.63) is 24.5 Å². The van der Waals surface area contributed by atoms with Crippen LogP contribution in [-0.4, -0.2) is 20.9 Å². The van der Waals surface area contributed by atoms with Crippen molar-refractivity contribution in [2.24, 2.45) is 7.05 Å². The van der Waals surface area contributed by atoms with Gasteiger partial charge < -0.3 is 15.0 Å². The van der Waals surface area contributed by atoms with E-state index < -0.39 is 0 Å². The summed E-state index contributed by atoms with van der Waals surface area (Å²) >= 11 is 1.47.